The monoisotopic (exact) mass is 466 g/mol. The first-order valence-corrected chi connectivity index (χ1v) is 11.3. The van der Waals surface area contributed by atoms with Crippen LogP contribution in [-0.4, -0.2) is 46.4 Å². The number of nitrogens with one attached hydrogen (secondary N) is 3. The van der Waals surface area contributed by atoms with Crippen LogP contribution in [0.1, 0.15) is 38.2 Å². The lowest BCUT2D eigenvalue weighted by atomic mass is 10.0. The predicted molar refractivity (Wildman–Crippen MR) is 130 cm³/mol. The minimum absolute atomic E-state index is 0.0835. The minimum atomic E-state index is -0.943. The number of rotatable bonds is 8. The quantitative estimate of drug-likeness (QED) is 0.466. The number of aliphatic carboxylic acids is 1. The summed E-state index contributed by atoms with van der Waals surface area (Å²) in [5.41, 5.74) is 2.78. The number of benzene rings is 2. The van der Waals surface area contributed by atoms with Crippen molar-refractivity contribution in [2.75, 3.05) is 22.5 Å². The maximum Gasteiger partial charge on any atom is 0.323 e. The number of likely N-dealkylation sites (tertiary alicyclic amines) is 1. The van der Waals surface area contributed by atoms with Crippen LogP contribution in [0.15, 0.2) is 48.5 Å². The van der Waals surface area contributed by atoms with Crippen molar-refractivity contribution in [1.82, 2.24) is 4.90 Å². The Labute approximate surface area is 198 Å². The fourth-order valence-corrected chi connectivity index (χ4v) is 3.98. The summed E-state index contributed by atoms with van der Waals surface area (Å²) in [6.07, 6.45) is 1.29. The molecule has 2 aromatic carbocycles. The number of hydrogen-bond donors (Lipinski definition) is 4. The van der Waals surface area contributed by atoms with E-state index in [1.165, 1.54) is 0 Å². The fourth-order valence-electron chi connectivity index (χ4n) is 3.98. The zero-order chi connectivity index (χ0) is 24.7. The molecule has 1 aliphatic rings. The van der Waals surface area contributed by atoms with Crippen LogP contribution in [-0.2, 0) is 14.4 Å². The van der Waals surface area contributed by atoms with Crippen LogP contribution >= 0.6 is 0 Å². The van der Waals surface area contributed by atoms with Gasteiger partial charge in [0.1, 0.15) is 6.04 Å². The number of amides is 4. The van der Waals surface area contributed by atoms with Crippen molar-refractivity contribution in [3.8, 4) is 0 Å². The van der Waals surface area contributed by atoms with Gasteiger partial charge >= 0.3 is 12.0 Å². The lowest BCUT2D eigenvalue weighted by Gasteiger charge is -2.25. The van der Waals surface area contributed by atoms with E-state index in [0.29, 0.717) is 24.3 Å². The number of carboxylic acids is 1. The van der Waals surface area contributed by atoms with Crippen molar-refractivity contribution in [3.63, 3.8) is 0 Å². The molecular formula is C25H30N4O5. The third-order valence-corrected chi connectivity index (χ3v) is 5.73. The standard InChI is InChI=1S/C25H30N4O5/c1-16(15-23(31)32)14-22(30)29-13-5-8-21(29)24(33)26-18-9-11-19(12-10-18)27-25(34)28-20-7-4-3-6-17(20)2/h3-4,6-7,9-12,16,21H,5,8,13-15H2,1-2H3,(H,26,33)(H,31,32)(H2,27,28,34)/t16?,21-/m0/s1. The summed E-state index contributed by atoms with van der Waals surface area (Å²) in [6.45, 7) is 4.10. The summed E-state index contributed by atoms with van der Waals surface area (Å²) in [5.74, 6) is -1.72. The van der Waals surface area contributed by atoms with Gasteiger partial charge in [-0.15, -0.1) is 0 Å². The highest BCUT2D eigenvalue weighted by Gasteiger charge is 2.34. The smallest absolute Gasteiger partial charge is 0.323 e. The van der Waals surface area contributed by atoms with Crippen molar-refractivity contribution < 1.29 is 24.3 Å². The number of anilines is 3. The first kappa shape index (κ1) is 24.8. The van der Waals surface area contributed by atoms with Gasteiger partial charge in [-0.25, -0.2) is 4.79 Å². The van der Waals surface area contributed by atoms with Crippen molar-refractivity contribution in [2.24, 2.45) is 5.92 Å². The van der Waals surface area contributed by atoms with E-state index in [0.717, 1.165) is 17.7 Å². The predicted octanol–water partition coefficient (Wildman–Crippen LogP) is 4.07. The number of carbonyl (C=O) groups is 4. The third kappa shape index (κ3) is 6.81. The highest BCUT2D eigenvalue weighted by molar-refractivity contribution is 6.01. The van der Waals surface area contributed by atoms with Crippen molar-refractivity contribution in [2.45, 2.75) is 45.6 Å². The lowest BCUT2D eigenvalue weighted by molar-refractivity contribution is -0.140. The molecule has 9 nitrogen and oxygen atoms in total. The summed E-state index contributed by atoms with van der Waals surface area (Å²) >= 11 is 0. The number of carboxylic acid groups (broad SMARTS) is 1. The van der Waals surface area contributed by atoms with Gasteiger partial charge in [-0.1, -0.05) is 25.1 Å². The summed E-state index contributed by atoms with van der Waals surface area (Å²) in [6, 6.07) is 13.2. The number of hydrogen-bond acceptors (Lipinski definition) is 4. The lowest BCUT2D eigenvalue weighted by Crippen LogP contribution is -2.43. The van der Waals surface area contributed by atoms with E-state index in [2.05, 4.69) is 16.0 Å². The first-order valence-electron chi connectivity index (χ1n) is 11.3. The summed E-state index contributed by atoms with van der Waals surface area (Å²) in [4.78, 5) is 50.1. The van der Waals surface area contributed by atoms with Gasteiger partial charge in [-0.3, -0.25) is 14.4 Å². The Kier molecular flexibility index (Phi) is 8.24. The maximum absolute atomic E-state index is 12.8. The number of urea groups is 1. The minimum Gasteiger partial charge on any atom is -0.481 e. The van der Waals surface area contributed by atoms with Crippen LogP contribution in [0.4, 0.5) is 21.9 Å². The van der Waals surface area contributed by atoms with Crippen LogP contribution in [0.2, 0.25) is 0 Å². The molecule has 0 spiro atoms. The number of para-hydroxylation sites is 1. The molecule has 2 atom stereocenters. The summed E-state index contributed by atoms with van der Waals surface area (Å²) in [7, 11) is 0. The molecule has 9 heteroatoms. The van der Waals surface area contributed by atoms with Crippen molar-refractivity contribution in [3.05, 3.63) is 54.1 Å². The van der Waals surface area contributed by atoms with Gasteiger partial charge in [0.25, 0.3) is 0 Å². The number of carbonyl (C=O) groups excluding carboxylic acids is 3. The van der Waals surface area contributed by atoms with E-state index in [9.17, 15) is 19.2 Å². The van der Waals surface area contributed by atoms with E-state index in [-0.39, 0.29) is 36.6 Å². The van der Waals surface area contributed by atoms with Gasteiger partial charge in [0.2, 0.25) is 11.8 Å². The van der Waals surface area contributed by atoms with E-state index in [4.69, 9.17) is 5.11 Å². The zero-order valence-electron chi connectivity index (χ0n) is 19.3. The zero-order valence-corrected chi connectivity index (χ0v) is 19.3. The average molecular weight is 467 g/mol. The van der Waals surface area contributed by atoms with Gasteiger partial charge in [0, 0.05) is 36.4 Å². The summed E-state index contributed by atoms with van der Waals surface area (Å²) in [5, 5.41) is 17.3. The maximum atomic E-state index is 12.8. The van der Waals surface area contributed by atoms with E-state index in [1.54, 1.807) is 36.1 Å². The van der Waals surface area contributed by atoms with Crippen molar-refractivity contribution >= 4 is 40.9 Å². The van der Waals surface area contributed by atoms with Gasteiger partial charge in [-0.05, 0) is 61.6 Å². The van der Waals surface area contributed by atoms with Crippen LogP contribution in [0.3, 0.4) is 0 Å². The molecule has 0 aliphatic carbocycles. The molecule has 0 saturated carbocycles. The Balaban J connectivity index is 1.53. The van der Waals surface area contributed by atoms with E-state index >= 15 is 0 Å². The van der Waals surface area contributed by atoms with Crippen LogP contribution < -0.4 is 16.0 Å². The molecule has 4 amide bonds. The molecule has 2 aromatic rings. The second kappa shape index (κ2) is 11.3. The molecule has 0 aromatic heterocycles. The number of nitrogens with zero attached hydrogens (tertiary/aromatic N) is 1. The molecule has 1 aliphatic heterocycles. The Morgan fingerprint density at radius 3 is 2.26 bits per heavy atom. The van der Waals surface area contributed by atoms with E-state index in [1.807, 2.05) is 31.2 Å². The molecule has 180 valence electrons. The number of aryl methyl sites for hydroxylation is 1. The second-order valence-corrected chi connectivity index (χ2v) is 8.61. The molecule has 0 bridgehead atoms. The van der Waals surface area contributed by atoms with Crippen LogP contribution in [0.25, 0.3) is 0 Å². The molecule has 3 rings (SSSR count). The van der Waals surface area contributed by atoms with Gasteiger partial charge in [0.15, 0.2) is 0 Å². The molecule has 34 heavy (non-hydrogen) atoms. The van der Waals surface area contributed by atoms with Crippen LogP contribution in [0, 0.1) is 12.8 Å². The van der Waals surface area contributed by atoms with Gasteiger partial charge in [0.05, 0.1) is 0 Å². The summed E-state index contributed by atoms with van der Waals surface area (Å²) < 4.78 is 0. The Bertz CT molecular complexity index is 1050. The highest BCUT2D eigenvalue weighted by Crippen LogP contribution is 2.23. The molecular weight excluding hydrogens is 436 g/mol. The molecule has 1 heterocycles. The van der Waals surface area contributed by atoms with Crippen LogP contribution in [0.5, 0.6) is 0 Å². The first-order chi connectivity index (χ1) is 16.2. The molecule has 1 unspecified atom stereocenters. The average Bonchev–Trinajstić information content (AvgIpc) is 3.26. The van der Waals surface area contributed by atoms with Crippen molar-refractivity contribution in [1.29, 1.82) is 0 Å². The molecule has 4 N–H and O–H groups in total. The molecule has 1 fully saturated rings. The second-order valence-electron chi connectivity index (χ2n) is 8.61. The third-order valence-electron chi connectivity index (χ3n) is 5.73. The normalized spacial score (nSPS) is 15.9. The molecule has 0 radical (unpaired) electrons. The van der Waals surface area contributed by atoms with Gasteiger partial charge < -0.3 is 26.0 Å². The Hall–Kier alpha value is -3.88. The highest BCUT2D eigenvalue weighted by atomic mass is 16.4. The Morgan fingerprint density at radius 1 is 0.971 bits per heavy atom. The molecule has 1 saturated heterocycles. The Morgan fingerprint density at radius 2 is 1.62 bits per heavy atom. The SMILES string of the molecule is Cc1ccccc1NC(=O)Nc1ccc(NC(=O)[C@@H]2CCCN2C(=O)CC(C)CC(=O)O)cc1. The topological polar surface area (TPSA) is 128 Å². The van der Waals surface area contributed by atoms with E-state index < -0.39 is 12.0 Å². The largest absolute Gasteiger partial charge is 0.481 e. The fraction of sp³-hybridized carbons (Fsp3) is 0.360. The van der Waals surface area contributed by atoms with Gasteiger partial charge in [-0.2, -0.15) is 0 Å².